The smallest absolute Gasteiger partial charge is 0.111 e. The molecule has 2 aromatic rings. The van der Waals surface area contributed by atoms with Crippen LogP contribution >= 0.6 is 0 Å². The first-order valence-corrected chi connectivity index (χ1v) is 6.38. The van der Waals surface area contributed by atoms with E-state index in [2.05, 4.69) is 22.2 Å². The van der Waals surface area contributed by atoms with Gasteiger partial charge < -0.3 is 10.3 Å². The lowest BCUT2D eigenvalue weighted by molar-refractivity contribution is 0.585. The van der Waals surface area contributed by atoms with Gasteiger partial charge in [-0.25, -0.2) is 4.98 Å². The summed E-state index contributed by atoms with van der Waals surface area (Å²) in [5.41, 5.74) is 2.97. The summed E-state index contributed by atoms with van der Waals surface area (Å²) in [7, 11) is 1.97. The van der Waals surface area contributed by atoms with Crippen LogP contribution in [0.15, 0.2) is 24.4 Å². The van der Waals surface area contributed by atoms with Crippen LogP contribution in [0.25, 0.3) is 11.4 Å². The SMILES string of the molecule is CCC(CNC)c1nc(-c2ccccn2)c(C)[nH]1. The van der Waals surface area contributed by atoms with E-state index in [0.29, 0.717) is 5.92 Å². The fourth-order valence-electron chi connectivity index (χ4n) is 2.11. The van der Waals surface area contributed by atoms with Crippen LogP contribution in [0.3, 0.4) is 0 Å². The van der Waals surface area contributed by atoms with Crippen LogP contribution in [-0.4, -0.2) is 28.5 Å². The van der Waals surface area contributed by atoms with E-state index in [1.165, 1.54) is 0 Å². The van der Waals surface area contributed by atoms with Gasteiger partial charge in [0.2, 0.25) is 0 Å². The van der Waals surface area contributed by atoms with Crippen molar-refractivity contribution in [2.75, 3.05) is 13.6 Å². The molecule has 0 bridgehead atoms. The zero-order valence-corrected chi connectivity index (χ0v) is 11.2. The van der Waals surface area contributed by atoms with E-state index >= 15 is 0 Å². The molecule has 0 aromatic carbocycles. The van der Waals surface area contributed by atoms with E-state index in [0.717, 1.165) is 35.9 Å². The monoisotopic (exact) mass is 244 g/mol. The van der Waals surface area contributed by atoms with Gasteiger partial charge in [-0.15, -0.1) is 0 Å². The summed E-state index contributed by atoms with van der Waals surface area (Å²) < 4.78 is 0. The average Bonchev–Trinajstić information content (AvgIpc) is 2.79. The number of H-pyrrole nitrogens is 1. The van der Waals surface area contributed by atoms with Crippen molar-refractivity contribution >= 4 is 0 Å². The van der Waals surface area contributed by atoms with Crippen molar-refractivity contribution in [1.29, 1.82) is 0 Å². The van der Waals surface area contributed by atoms with E-state index in [1.54, 1.807) is 6.20 Å². The second-order valence-corrected chi connectivity index (χ2v) is 4.47. The highest BCUT2D eigenvalue weighted by Gasteiger charge is 2.16. The third-order valence-electron chi connectivity index (χ3n) is 3.14. The lowest BCUT2D eigenvalue weighted by atomic mass is 10.1. The zero-order chi connectivity index (χ0) is 13.0. The van der Waals surface area contributed by atoms with Gasteiger partial charge in [0.05, 0.1) is 5.69 Å². The molecule has 2 N–H and O–H groups in total. The average molecular weight is 244 g/mol. The van der Waals surface area contributed by atoms with Crippen molar-refractivity contribution in [2.45, 2.75) is 26.2 Å². The largest absolute Gasteiger partial charge is 0.345 e. The summed E-state index contributed by atoms with van der Waals surface area (Å²) in [6.07, 6.45) is 2.86. The van der Waals surface area contributed by atoms with Crippen LogP contribution in [-0.2, 0) is 0 Å². The molecule has 2 aromatic heterocycles. The summed E-state index contributed by atoms with van der Waals surface area (Å²) in [4.78, 5) is 12.5. The number of aromatic nitrogens is 3. The van der Waals surface area contributed by atoms with Crippen LogP contribution in [0, 0.1) is 6.92 Å². The van der Waals surface area contributed by atoms with Crippen molar-refractivity contribution in [2.24, 2.45) is 0 Å². The molecule has 2 heterocycles. The summed E-state index contributed by atoms with van der Waals surface area (Å²) in [5.74, 6) is 1.47. The summed E-state index contributed by atoms with van der Waals surface area (Å²) >= 11 is 0. The lowest BCUT2D eigenvalue weighted by Crippen LogP contribution is -2.17. The number of rotatable bonds is 5. The highest BCUT2D eigenvalue weighted by Crippen LogP contribution is 2.23. The van der Waals surface area contributed by atoms with Crippen LogP contribution in [0.5, 0.6) is 0 Å². The number of likely N-dealkylation sites (N-methyl/N-ethyl adjacent to an activating group) is 1. The van der Waals surface area contributed by atoms with Gasteiger partial charge in [-0.1, -0.05) is 13.0 Å². The van der Waals surface area contributed by atoms with Gasteiger partial charge in [0.25, 0.3) is 0 Å². The number of aryl methyl sites for hydroxylation is 1. The van der Waals surface area contributed by atoms with E-state index in [9.17, 15) is 0 Å². The number of nitrogens with one attached hydrogen (secondary N) is 2. The first-order chi connectivity index (χ1) is 8.76. The van der Waals surface area contributed by atoms with Gasteiger partial charge in [0.1, 0.15) is 11.5 Å². The topological polar surface area (TPSA) is 53.6 Å². The molecule has 0 saturated heterocycles. The van der Waals surface area contributed by atoms with Gasteiger partial charge in [-0.05, 0) is 32.5 Å². The zero-order valence-electron chi connectivity index (χ0n) is 11.2. The van der Waals surface area contributed by atoms with E-state index in [1.807, 2.05) is 32.2 Å². The number of imidazole rings is 1. The molecule has 1 unspecified atom stereocenters. The van der Waals surface area contributed by atoms with Crippen molar-refractivity contribution in [1.82, 2.24) is 20.3 Å². The maximum absolute atomic E-state index is 4.71. The Kier molecular flexibility index (Phi) is 4.10. The maximum atomic E-state index is 4.71. The van der Waals surface area contributed by atoms with Crippen molar-refractivity contribution in [3.8, 4) is 11.4 Å². The second kappa shape index (κ2) is 5.78. The van der Waals surface area contributed by atoms with Crippen LogP contribution in [0.2, 0.25) is 0 Å². The second-order valence-electron chi connectivity index (χ2n) is 4.47. The Balaban J connectivity index is 2.32. The third-order valence-corrected chi connectivity index (χ3v) is 3.14. The van der Waals surface area contributed by atoms with Crippen LogP contribution < -0.4 is 5.32 Å². The Bertz CT molecular complexity index is 490. The summed E-state index contributed by atoms with van der Waals surface area (Å²) in [6, 6.07) is 5.90. The van der Waals surface area contributed by atoms with Gasteiger partial charge in [-0.2, -0.15) is 0 Å². The van der Waals surface area contributed by atoms with Crippen molar-refractivity contribution < 1.29 is 0 Å². The first kappa shape index (κ1) is 12.8. The third kappa shape index (κ3) is 2.59. The van der Waals surface area contributed by atoms with Gasteiger partial charge in [0.15, 0.2) is 0 Å². The number of aromatic amines is 1. The Labute approximate surface area is 108 Å². The standard InChI is InChI=1S/C14H20N4/c1-4-11(9-15-3)14-17-10(2)13(18-14)12-7-5-6-8-16-12/h5-8,11,15H,4,9H2,1-3H3,(H,17,18). The van der Waals surface area contributed by atoms with E-state index in [-0.39, 0.29) is 0 Å². The molecule has 4 nitrogen and oxygen atoms in total. The fourth-order valence-corrected chi connectivity index (χ4v) is 2.11. The highest BCUT2D eigenvalue weighted by molar-refractivity contribution is 5.57. The molecule has 1 atom stereocenters. The number of nitrogens with zero attached hydrogens (tertiary/aromatic N) is 2. The quantitative estimate of drug-likeness (QED) is 0.849. The first-order valence-electron chi connectivity index (χ1n) is 6.38. The molecule has 0 aliphatic rings. The predicted molar refractivity (Wildman–Crippen MR) is 73.5 cm³/mol. The molecule has 4 heteroatoms. The van der Waals surface area contributed by atoms with Crippen LogP contribution in [0.1, 0.15) is 30.8 Å². The Hall–Kier alpha value is -1.68. The minimum absolute atomic E-state index is 0.422. The lowest BCUT2D eigenvalue weighted by Gasteiger charge is -2.10. The molecular weight excluding hydrogens is 224 g/mol. The summed E-state index contributed by atoms with van der Waals surface area (Å²) in [6.45, 7) is 5.16. The molecule has 96 valence electrons. The molecule has 0 radical (unpaired) electrons. The molecule has 0 aliphatic heterocycles. The van der Waals surface area contributed by atoms with Gasteiger partial charge >= 0.3 is 0 Å². The van der Waals surface area contributed by atoms with Crippen LogP contribution in [0.4, 0.5) is 0 Å². The normalized spacial score (nSPS) is 12.6. The molecule has 18 heavy (non-hydrogen) atoms. The molecule has 0 spiro atoms. The van der Waals surface area contributed by atoms with Gasteiger partial charge in [0, 0.05) is 24.4 Å². The molecule has 2 rings (SSSR count). The summed E-state index contributed by atoms with van der Waals surface area (Å²) in [5, 5.41) is 3.21. The molecular formula is C14H20N4. The Morgan fingerprint density at radius 3 is 2.83 bits per heavy atom. The predicted octanol–water partition coefficient (Wildman–Crippen LogP) is 2.49. The van der Waals surface area contributed by atoms with Crippen molar-refractivity contribution in [3.05, 3.63) is 35.9 Å². The maximum Gasteiger partial charge on any atom is 0.111 e. The van der Waals surface area contributed by atoms with E-state index < -0.39 is 0 Å². The fraction of sp³-hybridized carbons (Fsp3) is 0.429. The molecule has 0 saturated carbocycles. The van der Waals surface area contributed by atoms with Gasteiger partial charge in [-0.3, -0.25) is 4.98 Å². The highest BCUT2D eigenvalue weighted by atomic mass is 15.0. The molecule has 0 aliphatic carbocycles. The van der Waals surface area contributed by atoms with E-state index in [4.69, 9.17) is 4.98 Å². The number of pyridine rings is 1. The molecule has 0 fully saturated rings. The number of hydrogen-bond acceptors (Lipinski definition) is 3. The molecule has 0 amide bonds. The Morgan fingerprint density at radius 1 is 1.39 bits per heavy atom. The Morgan fingerprint density at radius 2 is 2.22 bits per heavy atom. The minimum Gasteiger partial charge on any atom is -0.345 e. The number of hydrogen-bond donors (Lipinski definition) is 2. The van der Waals surface area contributed by atoms with Crippen molar-refractivity contribution in [3.63, 3.8) is 0 Å². The minimum atomic E-state index is 0.422.